The first-order valence-electron chi connectivity index (χ1n) is 12.8. The Morgan fingerprint density at radius 3 is 2.29 bits per heavy atom. The second-order valence-electron chi connectivity index (χ2n) is 9.84. The summed E-state index contributed by atoms with van der Waals surface area (Å²) in [6, 6.07) is 21.2. The van der Waals surface area contributed by atoms with Crippen molar-refractivity contribution in [3.05, 3.63) is 103 Å². The number of imide groups is 1. The number of nitrogens with zero attached hydrogens (tertiary/aromatic N) is 2. The predicted molar refractivity (Wildman–Crippen MR) is 160 cm³/mol. The van der Waals surface area contributed by atoms with Crippen molar-refractivity contribution in [1.82, 2.24) is 4.57 Å². The molecule has 0 spiro atoms. The number of methoxy groups -OCH3 is 1. The molecule has 41 heavy (non-hydrogen) atoms. The van der Waals surface area contributed by atoms with Gasteiger partial charge in [-0.25, -0.2) is 4.90 Å². The van der Waals surface area contributed by atoms with Crippen molar-refractivity contribution in [2.45, 2.75) is 29.7 Å². The van der Waals surface area contributed by atoms with Crippen LogP contribution in [-0.4, -0.2) is 34.6 Å². The smallest absolute Gasteiger partial charge is 0.308 e. The lowest BCUT2D eigenvalue weighted by Gasteiger charge is -2.30. The van der Waals surface area contributed by atoms with Crippen LogP contribution >= 0.6 is 34.7 Å². The molecule has 6 rings (SSSR count). The van der Waals surface area contributed by atoms with Crippen LogP contribution in [0.1, 0.15) is 21.9 Å². The zero-order valence-corrected chi connectivity index (χ0v) is 24.4. The number of hydrogen-bond acceptors (Lipinski definition) is 7. The summed E-state index contributed by atoms with van der Waals surface area (Å²) in [6.45, 7) is 1.73. The van der Waals surface area contributed by atoms with E-state index in [2.05, 4.69) is 5.32 Å². The molecule has 11 heteroatoms. The zero-order valence-electron chi connectivity index (χ0n) is 22.0. The Morgan fingerprint density at radius 2 is 1.63 bits per heavy atom. The second-order valence-corrected chi connectivity index (χ2v) is 12.4. The van der Waals surface area contributed by atoms with Crippen LogP contribution in [-0.2, 0) is 20.9 Å². The SMILES string of the molecule is COc1ccc(N2C(=O)C3Sc4c(sc(=O)n4CC(=O)Nc4ccc(C)cc4)C(c4ccc(Cl)cc4)C3C2=O)cc1. The minimum absolute atomic E-state index is 0.222. The third-order valence-corrected chi connectivity index (χ3v) is 10.1. The van der Waals surface area contributed by atoms with E-state index in [0.29, 0.717) is 32.1 Å². The number of ether oxygens (including phenoxy) is 1. The molecule has 2 aliphatic heterocycles. The molecule has 0 radical (unpaired) electrons. The molecular weight excluding hydrogens is 582 g/mol. The second kappa shape index (κ2) is 10.8. The van der Waals surface area contributed by atoms with Crippen LogP contribution in [0.5, 0.6) is 5.75 Å². The van der Waals surface area contributed by atoms with Crippen molar-refractivity contribution in [2.75, 3.05) is 17.3 Å². The number of thioether (sulfide) groups is 1. The highest BCUT2D eigenvalue weighted by atomic mass is 35.5. The number of carbonyl (C=O) groups excluding carboxylic acids is 3. The molecule has 1 fully saturated rings. The molecular formula is C30H24ClN3O5S2. The number of aryl methyl sites for hydroxylation is 1. The number of thiazole rings is 1. The van der Waals surface area contributed by atoms with Crippen LogP contribution in [0, 0.1) is 12.8 Å². The molecule has 8 nitrogen and oxygen atoms in total. The highest BCUT2D eigenvalue weighted by Gasteiger charge is 2.56. The van der Waals surface area contributed by atoms with Gasteiger partial charge in [-0.1, -0.05) is 64.5 Å². The first-order chi connectivity index (χ1) is 19.7. The number of carbonyl (C=O) groups is 3. The van der Waals surface area contributed by atoms with E-state index in [1.165, 1.54) is 21.2 Å². The van der Waals surface area contributed by atoms with E-state index in [1.807, 2.05) is 31.2 Å². The Hall–Kier alpha value is -3.86. The summed E-state index contributed by atoms with van der Waals surface area (Å²) in [5.74, 6) is -1.77. The van der Waals surface area contributed by atoms with Crippen molar-refractivity contribution in [3.8, 4) is 5.75 Å². The molecule has 2 aliphatic rings. The third kappa shape index (κ3) is 4.96. The molecule has 208 valence electrons. The lowest BCUT2D eigenvalue weighted by Crippen LogP contribution is -2.33. The van der Waals surface area contributed by atoms with Crippen molar-refractivity contribution in [1.29, 1.82) is 0 Å². The lowest BCUT2D eigenvalue weighted by molar-refractivity contribution is -0.122. The third-order valence-electron chi connectivity index (χ3n) is 7.25. The maximum Gasteiger partial charge on any atom is 0.308 e. The fourth-order valence-corrected chi connectivity index (χ4v) is 8.15. The van der Waals surface area contributed by atoms with Crippen molar-refractivity contribution in [2.24, 2.45) is 5.92 Å². The topological polar surface area (TPSA) is 97.7 Å². The highest BCUT2D eigenvalue weighted by Crippen LogP contribution is 2.54. The average Bonchev–Trinajstić information content (AvgIpc) is 3.41. The van der Waals surface area contributed by atoms with Crippen LogP contribution in [0.4, 0.5) is 11.4 Å². The van der Waals surface area contributed by atoms with Gasteiger partial charge in [-0.15, -0.1) is 0 Å². The minimum atomic E-state index is -0.779. The molecule has 1 saturated heterocycles. The maximum atomic E-state index is 14.0. The summed E-state index contributed by atoms with van der Waals surface area (Å²) in [6.07, 6.45) is 0. The Balaban J connectivity index is 1.39. The van der Waals surface area contributed by atoms with Crippen molar-refractivity contribution < 1.29 is 19.1 Å². The Labute approximate surface area is 248 Å². The maximum absolute atomic E-state index is 14.0. The van der Waals surface area contributed by atoms with Gasteiger partial charge in [-0.05, 0) is 61.0 Å². The van der Waals surface area contributed by atoms with E-state index >= 15 is 0 Å². The van der Waals surface area contributed by atoms with E-state index < -0.39 is 17.1 Å². The van der Waals surface area contributed by atoms with Crippen LogP contribution < -0.4 is 19.8 Å². The summed E-state index contributed by atoms with van der Waals surface area (Å²) in [4.78, 5) is 55.6. The number of rotatable bonds is 6. The van der Waals surface area contributed by atoms with E-state index in [0.717, 1.165) is 22.5 Å². The molecule has 1 aromatic heterocycles. The minimum Gasteiger partial charge on any atom is -0.497 e. The van der Waals surface area contributed by atoms with Crippen LogP contribution in [0.3, 0.4) is 0 Å². The summed E-state index contributed by atoms with van der Waals surface area (Å²) in [5.41, 5.74) is 2.89. The van der Waals surface area contributed by atoms with Gasteiger partial charge >= 0.3 is 4.87 Å². The molecule has 3 heterocycles. The molecule has 0 bridgehead atoms. The molecule has 3 unspecified atom stereocenters. The van der Waals surface area contributed by atoms with Gasteiger partial charge in [0.1, 0.15) is 17.5 Å². The summed E-state index contributed by atoms with van der Waals surface area (Å²) >= 11 is 8.34. The quantitative estimate of drug-likeness (QED) is 0.299. The van der Waals surface area contributed by atoms with Gasteiger partial charge in [0.05, 0.1) is 23.7 Å². The number of aromatic nitrogens is 1. The van der Waals surface area contributed by atoms with E-state index in [1.54, 1.807) is 55.6 Å². The Morgan fingerprint density at radius 1 is 0.951 bits per heavy atom. The first-order valence-corrected chi connectivity index (χ1v) is 14.9. The molecule has 0 aliphatic carbocycles. The monoisotopic (exact) mass is 605 g/mol. The zero-order chi connectivity index (χ0) is 28.8. The van der Waals surface area contributed by atoms with E-state index in [9.17, 15) is 19.2 Å². The fourth-order valence-electron chi connectivity index (χ4n) is 5.25. The summed E-state index contributed by atoms with van der Waals surface area (Å²) < 4.78 is 6.63. The molecule has 1 N–H and O–H groups in total. The summed E-state index contributed by atoms with van der Waals surface area (Å²) in [5, 5.41) is 3.11. The molecule has 3 atom stereocenters. The number of nitrogens with one attached hydrogen (secondary N) is 1. The predicted octanol–water partition coefficient (Wildman–Crippen LogP) is 5.31. The first kappa shape index (κ1) is 27.3. The standard InChI is InChI=1S/C30H24ClN3O5S2/c1-16-3-9-19(10-4-16)32-22(35)15-33-29-26(41-30(33)38)23(17-5-7-18(31)8-6-17)24-25(40-29)28(37)34(27(24)36)20-11-13-21(39-2)14-12-20/h3-14,23-25H,15H2,1-2H3,(H,32,35). The average molecular weight is 606 g/mol. The normalized spacial score (nSPS) is 19.6. The number of hydrogen-bond donors (Lipinski definition) is 1. The van der Waals surface area contributed by atoms with Gasteiger partial charge in [0.25, 0.3) is 0 Å². The van der Waals surface area contributed by atoms with Crippen molar-refractivity contribution in [3.63, 3.8) is 0 Å². The van der Waals surface area contributed by atoms with Gasteiger partial charge in [0, 0.05) is 21.5 Å². The van der Waals surface area contributed by atoms with E-state index in [-0.39, 0.29) is 29.1 Å². The number of anilines is 2. The molecule has 4 aromatic rings. The van der Waals surface area contributed by atoms with Gasteiger partial charge in [-0.2, -0.15) is 0 Å². The number of fused-ring (bicyclic) bond motifs is 2. The number of amides is 3. The largest absolute Gasteiger partial charge is 0.497 e. The fraction of sp³-hybridized carbons (Fsp3) is 0.200. The Bertz CT molecular complexity index is 1720. The number of benzene rings is 3. The number of halogens is 1. The van der Waals surface area contributed by atoms with Gasteiger partial charge in [-0.3, -0.25) is 23.7 Å². The van der Waals surface area contributed by atoms with Crippen molar-refractivity contribution >= 4 is 63.8 Å². The van der Waals surface area contributed by atoms with Crippen LogP contribution in [0.25, 0.3) is 0 Å². The highest BCUT2D eigenvalue weighted by molar-refractivity contribution is 8.00. The summed E-state index contributed by atoms with van der Waals surface area (Å²) in [7, 11) is 1.54. The molecule has 3 aromatic carbocycles. The van der Waals surface area contributed by atoms with Gasteiger partial charge in [0.2, 0.25) is 17.7 Å². The van der Waals surface area contributed by atoms with Crippen LogP contribution in [0.15, 0.2) is 82.6 Å². The Kier molecular flexibility index (Phi) is 7.23. The lowest BCUT2D eigenvalue weighted by atomic mass is 9.83. The molecule has 3 amide bonds. The molecule has 0 saturated carbocycles. The van der Waals surface area contributed by atoms with Gasteiger partial charge in [0.15, 0.2) is 0 Å². The van der Waals surface area contributed by atoms with Gasteiger partial charge < -0.3 is 10.1 Å². The van der Waals surface area contributed by atoms with E-state index in [4.69, 9.17) is 16.3 Å². The van der Waals surface area contributed by atoms with Crippen LogP contribution in [0.2, 0.25) is 5.02 Å².